The maximum absolute atomic E-state index is 13.1. The topological polar surface area (TPSA) is 32.3 Å². The molecule has 0 fully saturated rings. The lowest BCUT2D eigenvalue weighted by Crippen LogP contribution is -2.33. The highest BCUT2D eigenvalue weighted by Gasteiger charge is 2.33. The summed E-state index contributed by atoms with van der Waals surface area (Å²) in [6.45, 7) is 3.05. The molecule has 0 spiro atoms. The van der Waals surface area contributed by atoms with Gasteiger partial charge in [-0.1, -0.05) is 61.5 Å². The van der Waals surface area contributed by atoms with Gasteiger partial charge in [-0.3, -0.25) is 9.69 Å². The number of rotatable bonds is 6. The first-order valence-corrected chi connectivity index (χ1v) is 9.03. The predicted molar refractivity (Wildman–Crippen MR) is 105 cm³/mol. The van der Waals surface area contributed by atoms with Gasteiger partial charge in [0.15, 0.2) is 0 Å². The summed E-state index contributed by atoms with van der Waals surface area (Å²) in [6, 6.07) is 19.0. The zero-order chi connectivity index (χ0) is 20.1. The van der Waals surface area contributed by atoms with E-state index in [1.165, 1.54) is 18.2 Å². The van der Waals surface area contributed by atoms with Crippen LogP contribution in [0.3, 0.4) is 0 Å². The van der Waals surface area contributed by atoms with Crippen LogP contribution < -0.4 is 5.32 Å². The number of likely N-dealkylation sites (N-methyl/N-ethyl adjacent to an activating group) is 1. The molecule has 0 atom stereocenters. The standard InChI is InChI=1S/C22H21F3N2O/c1-2-27(14-17-10-7-9-16-8-3-4-11-18(16)17)15-21(28)26-20-13-6-5-12-19(20)22(23,24)25/h3-13H,2,14-15H2,1H3,(H,26,28). The van der Waals surface area contributed by atoms with Gasteiger partial charge < -0.3 is 5.32 Å². The lowest BCUT2D eigenvalue weighted by Gasteiger charge is -2.21. The van der Waals surface area contributed by atoms with E-state index in [0.29, 0.717) is 13.1 Å². The van der Waals surface area contributed by atoms with Gasteiger partial charge in [0, 0.05) is 6.54 Å². The molecule has 0 heterocycles. The molecule has 0 saturated heterocycles. The molecular weight excluding hydrogens is 365 g/mol. The number of carbonyl (C=O) groups is 1. The summed E-state index contributed by atoms with van der Waals surface area (Å²) >= 11 is 0. The maximum Gasteiger partial charge on any atom is 0.418 e. The molecule has 3 nitrogen and oxygen atoms in total. The molecular formula is C22H21F3N2O. The van der Waals surface area contributed by atoms with E-state index in [-0.39, 0.29) is 12.2 Å². The second-order valence-corrected chi connectivity index (χ2v) is 6.53. The highest BCUT2D eigenvalue weighted by atomic mass is 19.4. The van der Waals surface area contributed by atoms with Crippen molar-refractivity contribution in [2.24, 2.45) is 0 Å². The van der Waals surface area contributed by atoms with Gasteiger partial charge in [-0.25, -0.2) is 0 Å². The van der Waals surface area contributed by atoms with Crippen LogP contribution in [-0.2, 0) is 17.5 Å². The van der Waals surface area contributed by atoms with Crippen LogP contribution in [0.5, 0.6) is 0 Å². The van der Waals surface area contributed by atoms with E-state index >= 15 is 0 Å². The summed E-state index contributed by atoms with van der Waals surface area (Å²) in [5.41, 5.74) is 0.00473. The van der Waals surface area contributed by atoms with Crippen LogP contribution in [0.1, 0.15) is 18.1 Å². The molecule has 28 heavy (non-hydrogen) atoms. The van der Waals surface area contributed by atoms with Gasteiger partial charge in [0.05, 0.1) is 17.8 Å². The van der Waals surface area contributed by atoms with Crippen molar-refractivity contribution in [3.05, 3.63) is 77.9 Å². The summed E-state index contributed by atoms with van der Waals surface area (Å²) in [5.74, 6) is -0.473. The van der Waals surface area contributed by atoms with Crippen molar-refractivity contribution < 1.29 is 18.0 Å². The van der Waals surface area contributed by atoms with Gasteiger partial charge in [0.25, 0.3) is 0 Å². The van der Waals surface area contributed by atoms with Crippen molar-refractivity contribution in [2.75, 3.05) is 18.4 Å². The van der Waals surface area contributed by atoms with E-state index in [0.717, 1.165) is 22.4 Å². The van der Waals surface area contributed by atoms with E-state index in [2.05, 4.69) is 5.32 Å². The molecule has 0 bridgehead atoms. The first-order chi connectivity index (χ1) is 13.4. The number of amides is 1. The van der Waals surface area contributed by atoms with Crippen molar-refractivity contribution in [3.63, 3.8) is 0 Å². The van der Waals surface area contributed by atoms with E-state index in [1.54, 1.807) is 0 Å². The van der Waals surface area contributed by atoms with Gasteiger partial charge in [0.1, 0.15) is 0 Å². The second kappa shape index (κ2) is 8.44. The third kappa shape index (κ3) is 4.70. The average Bonchev–Trinajstić information content (AvgIpc) is 2.67. The minimum absolute atomic E-state index is 0.00587. The molecule has 0 aliphatic heterocycles. The van der Waals surface area contributed by atoms with Gasteiger partial charge in [-0.05, 0) is 35.0 Å². The second-order valence-electron chi connectivity index (χ2n) is 6.53. The van der Waals surface area contributed by atoms with Crippen LogP contribution >= 0.6 is 0 Å². The lowest BCUT2D eigenvalue weighted by molar-refractivity contribution is -0.137. The zero-order valence-corrected chi connectivity index (χ0v) is 15.5. The van der Waals surface area contributed by atoms with Gasteiger partial charge in [-0.2, -0.15) is 13.2 Å². The van der Waals surface area contributed by atoms with Crippen LogP contribution in [0, 0.1) is 0 Å². The van der Waals surface area contributed by atoms with Crippen LogP contribution in [0.15, 0.2) is 66.7 Å². The van der Waals surface area contributed by atoms with E-state index in [4.69, 9.17) is 0 Å². The van der Waals surface area contributed by atoms with E-state index in [9.17, 15) is 18.0 Å². The van der Waals surface area contributed by atoms with E-state index in [1.807, 2.05) is 54.3 Å². The first kappa shape index (κ1) is 19.9. The zero-order valence-electron chi connectivity index (χ0n) is 15.5. The van der Waals surface area contributed by atoms with Crippen LogP contribution in [0.4, 0.5) is 18.9 Å². The number of carbonyl (C=O) groups excluding carboxylic acids is 1. The van der Waals surface area contributed by atoms with Crippen molar-refractivity contribution in [2.45, 2.75) is 19.6 Å². The maximum atomic E-state index is 13.1. The molecule has 6 heteroatoms. The highest BCUT2D eigenvalue weighted by Crippen LogP contribution is 2.34. The molecule has 0 radical (unpaired) electrons. The Hall–Kier alpha value is -2.86. The molecule has 3 aromatic rings. The minimum Gasteiger partial charge on any atom is -0.324 e. The highest BCUT2D eigenvalue weighted by molar-refractivity contribution is 5.93. The minimum atomic E-state index is -4.52. The Morgan fingerprint density at radius 1 is 0.964 bits per heavy atom. The molecule has 3 aromatic carbocycles. The van der Waals surface area contributed by atoms with Gasteiger partial charge in [-0.15, -0.1) is 0 Å². The number of halogens is 3. The monoisotopic (exact) mass is 386 g/mol. The number of hydrogen-bond acceptors (Lipinski definition) is 2. The number of alkyl halides is 3. The summed E-state index contributed by atoms with van der Waals surface area (Å²) in [7, 11) is 0. The van der Waals surface area contributed by atoms with E-state index < -0.39 is 17.6 Å². The van der Waals surface area contributed by atoms with Crippen molar-refractivity contribution >= 4 is 22.4 Å². The Bertz CT molecular complexity index is 964. The largest absolute Gasteiger partial charge is 0.418 e. The number of benzene rings is 3. The molecule has 1 N–H and O–H groups in total. The Labute approximate surface area is 161 Å². The number of fused-ring (bicyclic) bond motifs is 1. The third-order valence-electron chi connectivity index (χ3n) is 4.59. The van der Waals surface area contributed by atoms with Crippen LogP contribution in [0.2, 0.25) is 0 Å². The third-order valence-corrected chi connectivity index (χ3v) is 4.59. The molecule has 1 amide bonds. The number of nitrogens with one attached hydrogen (secondary N) is 1. The van der Waals surface area contributed by atoms with Gasteiger partial charge in [0.2, 0.25) is 5.91 Å². The fourth-order valence-electron chi connectivity index (χ4n) is 3.18. The fourth-order valence-corrected chi connectivity index (χ4v) is 3.18. The normalized spacial score (nSPS) is 11.8. The van der Waals surface area contributed by atoms with Crippen molar-refractivity contribution in [1.82, 2.24) is 4.90 Å². The van der Waals surface area contributed by atoms with Gasteiger partial charge >= 0.3 is 6.18 Å². The summed E-state index contributed by atoms with van der Waals surface area (Å²) in [4.78, 5) is 14.3. The molecule has 0 saturated carbocycles. The first-order valence-electron chi connectivity index (χ1n) is 9.03. The van der Waals surface area contributed by atoms with Crippen LogP contribution in [0.25, 0.3) is 10.8 Å². The number of hydrogen-bond donors (Lipinski definition) is 1. The summed E-state index contributed by atoms with van der Waals surface area (Å²) in [5, 5.41) is 4.62. The molecule has 0 aliphatic rings. The smallest absolute Gasteiger partial charge is 0.324 e. The predicted octanol–water partition coefficient (Wildman–Crippen LogP) is 5.32. The average molecular weight is 386 g/mol. The Balaban J connectivity index is 1.72. The van der Waals surface area contributed by atoms with Crippen LogP contribution in [-0.4, -0.2) is 23.9 Å². The number of anilines is 1. The molecule has 0 aromatic heterocycles. The fraction of sp³-hybridized carbons (Fsp3) is 0.227. The molecule has 0 aliphatic carbocycles. The molecule has 0 unspecified atom stereocenters. The lowest BCUT2D eigenvalue weighted by atomic mass is 10.0. The summed E-state index contributed by atoms with van der Waals surface area (Å²) in [6.07, 6.45) is -4.52. The Morgan fingerprint density at radius 3 is 2.39 bits per heavy atom. The molecule has 3 rings (SSSR count). The number of para-hydroxylation sites is 1. The van der Waals surface area contributed by atoms with Crippen molar-refractivity contribution in [3.8, 4) is 0 Å². The molecule has 146 valence electrons. The Morgan fingerprint density at radius 2 is 1.64 bits per heavy atom. The SMILES string of the molecule is CCN(CC(=O)Nc1ccccc1C(F)(F)F)Cc1cccc2ccccc12. The Kier molecular flexibility index (Phi) is 5.99. The quantitative estimate of drug-likeness (QED) is 0.622. The summed E-state index contributed by atoms with van der Waals surface area (Å²) < 4.78 is 39.3. The van der Waals surface area contributed by atoms with Crippen molar-refractivity contribution in [1.29, 1.82) is 0 Å². The number of nitrogens with zero attached hydrogens (tertiary/aromatic N) is 1.